The van der Waals surface area contributed by atoms with Crippen molar-refractivity contribution in [2.75, 3.05) is 7.11 Å². The van der Waals surface area contributed by atoms with E-state index in [2.05, 4.69) is 4.74 Å². The standard InChI is InChI=1S/C15H18O3/c1-13(7-4-5-12-16)8-6-9-14(2)10-11-15(17)18-3/h4-12H,1-3H3/b5-4+,8-6+,11-10+,13-7+,14-9-. The molecule has 0 aliphatic rings. The molecule has 0 atom stereocenters. The normalized spacial score (nSPS) is 13.7. The zero-order valence-corrected chi connectivity index (χ0v) is 10.9. The van der Waals surface area contributed by atoms with Gasteiger partial charge in [-0.2, -0.15) is 0 Å². The Labute approximate surface area is 108 Å². The van der Waals surface area contributed by atoms with Crippen LogP contribution in [0.3, 0.4) is 0 Å². The minimum atomic E-state index is -0.373. The molecule has 0 heterocycles. The quantitative estimate of drug-likeness (QED) is 0.313. The van der Waals surface area contributed by atoms with E-state index >= 15 is 0 Å². The molecule has 0 aliphatic heterocycles. The van der Waals surface area contributed by atoms with Gasteiger partial charge in [-0.05, 0) is 19.9 Å². The van der Waals surface area contributed by atoms with Crippen LogP contribution in [0.1, 0.15) is 13.8 Å². The molecule has 0 saturated carbocycles. The molecule has 0 saturated heterocycles. The molecule has 0 amide bonds. The minimum Gasteiger partial charge on any atom is -0.466 e. The number of hydrogen-bond donors (Lipinski definition) is 0. The monoisotopic (exact) mass is 246 g/mol. The van der Waals surface area contributed by atoms with Crippen LogP contribution in [0.5, 0.6) is 0 Å². The van der Waals surface area contributed by atoms with Crippen LogP contribution in [0.2, 0.25) is 0 Å². The number of aldehydes is 1. The lowest BCUT2D eigenvalue weighted by Gasteiger charge is -1.91. The van der Waals surface area contributed by atoms with Gasteiger partial charge in [0.25, 0.3) is 0 Å². The third-order valence-electron chi connectivity index (χ3n) is 1.95. The maximum atomic E-state index is 10.8. The summed E-state index contributed by atoms with van der Waals surface area (Å²) in [5, 5.41) is 0. The van der Waals surface area contributed by atoms with Crippen molar-refractivity contribution in [1.82, 2.24) is 0 Å². The molecule has 0 aromatic carbocycles. The van der Waals surface area contributed by atoms with Gasteiger partial charge in [0, 0.05) is 6.08 Å². The number of allylic oxidation sites excluding steroid dienone is 9. The number of ether oxygens (including phenoxy) is 1. The van der Waals surface area contributed by atoms with Crippen molar-refractivity contribution in [3.8, 4) is 0 Å². The van der Waals surface area contributed by atoms with E-state index in [1.807, 2.05) is 38.2 Å². The van der Waals surface area contributed by atoms with Crippen LogP contribution in [-0.4, -0.2) is 19.4 Å². The zero-order chi connectivity index (χ0) is 13.8. The van der Waals surface area contributed by atoms with Gasteiger partial charge < -0.3 is 4.74 Å². The van der Waals surface area contributed by atoms with E-state index in [0.717, 1.165) is 17.4 Å². The van der Waals surface area contributed by atoms with Crippen LogP contribution < -0.4 is 0 Å². The summed E-state index contributed by atoms with van der Waals surface area (Å²) in [5.74, 6) is -0.373. The molecule has 3 heteroatoms. The first kappa shape index (κ1) is 15.8. The fourth-order valence-electron chi connectivity index (χ4n) is 0.983. The average molecular weight is 246 g/mol. The van der Waals surface area contributed by atoms with Crippen molar-refractivity contribution >= 4 is 12.3 Å². The van der Waals surface area contributed by atoms with Crippen LogP contribution in [-0.2, 0) is 14.3 Å². The fourth-order valence-corrected chi connectivity index (χ4v) is 0.983. The molecule has 0 spiro atoms. The lowest BCUT2D eigenvalue weighted by Crippen LogP contribution is -1.93. The summed E-state index contributed by atoms with van der Waals surface area (Å²) in [6.07, 6.45) is 14.4. The Morgan fingerprint density at radius 2 is 1.50 bits per heavy atom. The molecule has 0 N–H and O–H groups in total. The first-order chi connectivity index (χ1) is 8.60. The number of methoxy groups -OCH3 is 1. The van der Waals surface area contributed by atoms with Crippen LogP contribution in [0, 0.1) is 0 Å². The second kappa shape index (κ2) is 10.0. The first-order valence-electron chi connectivity index (χ1n) is 5.50. The van der Waals surface area contributed by atoms with E-state index in [1.165, 1.54) is 19.3 Å². The van der Waals surface area contributed by atoms with Crippen molar-refractivity contribution in [2.24, 2.45) is 0 Å². The SMILES string of the molecule is COC(=O)/C=C/C(C)=C\C=C\C(C)=C\C=C\C=O. The highest BCUT2D eigenvalue weighted by Crippen LogP contribution is 1.99. The highest BCUT2D eigenvalue weighted by atomic mass is 16.5. The molecule has 0 unspecified atom stereocenters. The Morgan fingerprint density at radius 3 is 2.11 bits per heavy atom. The Bertz CT molecular complexity index is 421. The Morgan fingerprint density at radius 1 is 0.889 bits per heavy atom. The lowest BCUT2D eigenvalue weighted by atomic mass is 10.2. The number of hydrogen-bond acceptors (Lipinski definition) is 3. The van der Waals surface area contributed by atoms with Gasteiger partial charge in [0.1, 0.15) is 6.29 Å². The van der Waals surface area contributed by atoms with Gasteiger partial charge in [-0.1, -0.05) is 47.6 Å². The lowest BCUT2D eigenvalue weighted by molar-refractivity contribution is -0.134. The van der Waals surface area contributed by atoms with E-state index in [4.69, 9.17) is 0 Å². The number of rotatable bonds is 6. The Hall–Kier alpha value is -2.16. The molecule has 0 fully saturated rings. The van der Waals surface area contributed by atoms with Crippen LogP contribution in [0.15, 0.2) is 59.8 Å². The van der Waals surface area contributed by atoms with E-state index in [0.29, 0.717) is 0 Å². The first-order valence-corrected chi connectivity index (χ1v) is 5.50. The minimum absolute atomic E-state index is 0.373. The maximum Gasteiger partial charge on any atom is 0.330 e. The maximum absolute atomic E-state index is 10.8. The molecule has 96 valence electrons. The average Bonchev–Trinajstić information content (AvgIpc) is 2.36. The summed E-state index contributed by atoms with van der Waals surface area (Å²) < 4.78 is 4.48. The van der Waals surface area contributed by atoms with Gasteiger partial charge in [-0.3, -0.25) is 4.79 Å². The second-order valence-corrected chi connectivity index (χ2v) is 3.56. The summed E-state index contributed by atoms with van der Waals surface area (Å²) >= 11 is 0. The molecule has 0 radical (unpaired) electrons. The molecule has 0 aromatic rings. The number of carbonyl (C=O) groups is 2. The Balaban J connectivity index is 4.40. The topological polar surface area (TPSA) is 43.4 Å². The van der Waals surface area contributed by atoms with Crippen molar-refractivity contribution in [1.29, 1.82) is 0 Å². The van der Waals surface area contributed by atoms with Crippen LogP contribution >= 0.6 is 0 Å². The molecule has 0 aromatic heterocycles. The number of esters is 1. The van der Waals surface area contributed by atoms with Gasteiger partial charge >= 0.3 is 5.97 Å². The summed E-state index contributed by atoms with van der Waals surface area (Å²) in [6.45, 7) is 3.81. The van der Waals surface area contributed by atoms with Crippen molar-refractivity contribution in [2.45, 2.75) is 13.8 Å². The molecule has 0 aliphatic carbocycles. The van der Waals surface area contributed by atoms with Crippen molar-refractivity contribution in [3.63, 3.8) is 0 Å². The molecular formula is C15H18O3. The molecule has 18 heavy (non-hydrogen) atoms. The third kappa shape index (κ3) is 9.09. The largest absolute Gasteiger partial charge is 0.466 e. The fraction of sp³-hybridized carbons (Fsp3) is 0.200. The molecule has 0 bridgehead atoms. The second-order valence-electron chi connectivity index (χ2n) is 3.56. The summed E-state index contributed by atoms with van der Waals surface area (Å²) in [6, 6.07) is 0. The van der Waals surface area contributed by atoms with E-state index in [1.54, 1.807) is 12.2 Å². The predicted molar refractivity (Wildman–Crippen MR) is 73.0 cm³/mol. The molecular weight excluding hydrogens is 228 g/mol. The van der Waals surface area contributed by atoms with E-state index in [9.17, 15) is 9.59 Å². The van der Waals surface area contributed by atoms with Crippen LogP contribution in [0.25, 0.3) is 0 Å². The van der Waals surface area contributed by atoms with Gasteiger partial charge in [0.05, 0.1) is 7.11 Å². The summed E-state index contributed by atoms with van der Waals surface area (Å²) in [5.41, 5.74) is 1.96. The van der Waals surface area contributed by atoms with Gasteiger partial charge in [-0.25, -0.2) is 4.79 Å². The number of carbonyl (C=O) groups excluding carboxylic acids is 2. The molecule has 0 rings (SSSR count). The van der Waals surface area contributed by atoms with E-state index < -0.39 is 0 Å². The highest BCUT2D eigenvalue weighted by Gasteiger charge is 1.89. The van der Waals surface area contributed by atoms with Gasteiger partial charge in [0.15, 0.2) is 0 Å². The van der Waals surface area contributed by atoms with Crippen LogP contribution in [0.4, 0.5) is 0 Å². The molecule has 3 nitrogen and oxygen atoms in total. The van der Waals surface area contributed by atoms with Crippen molar-refractivity contribution < 1.29 is 14.3 Å². The third-order valence-corrected chi connectivity index (χ3v) is 1.95. The van der Waals surface area contributed by atoms with Crippen molar-refractivity contribution in [3.05, 3.63) is 59.8 Å². The summed E-state index contributed by atoms with van der Waals surface area (Å²) in [7, 11) is 1.34. The van der Waals surface area contributed by atoms with Gasteiger partial charge in [0.2, 0.25) is 0 Å². The zero-order valence-electron chi connectivity index (χ0n) is 10.9. The Kier molecular flexibility index (Phi) is 8.82. The smallest absolute Gasteiger partial charge is 0.330 e. The highest BCUT2D eigenvalue weighted by molar-refractivity contribution is 5.82. The van der Waals surface area contributed by atoms with Gasteiger partial charge in [-0.15, -0.1) is 0 Å². The van der Waals surface area contributed by atoms with E-state index in [-0.39, 0.29) is 5.97 Å². The predicted octanol–water partition coefficient (Wildman–Crippen LogP) is 2.92. The summed E-state index contributed by atoms with van der Waals surface area (Å²) in [4.78, 5) is 20.9.